The first kappa shape index (κ1) is 15.5. The van der Waals surface area contributed by atoms with E-state index in [1.165, 1.54) is 0 Å². The lowest BCUT2D eigenvalue weighted by Crippen LogP contribution is -2.34. The van der Waals surface area contributed by atoms with Gasteiger partial charge in [-0.15, -0.1) is 0 Å². The van der Waals surface area contributed by atoms with Gasteiger partial charge in [0.1, 0.15) is 11.9 Å². The maximum Gasteiger partial charge on any atom is 0.344 e. The van der Waals surface area contributed by atoms with Crippen molar-refractivity contribution in [1.29, 1.82) is 0 Å². The van der Waals surface area contributed by atoms with Crippen molar-refractivity contribution in [2.75, 3.05) is 26.2 Å². The standard InChI is InChI=1S/C15H23NO3/c1-4-16(5-2)11-13(3)19-15(17)12-18-14-9-7-6-8-10-14/h6-10,13H,4-5,11-12H2,1-3H3. The Morgan fingerprint density at radius 2 is 1.84 bits per heavy atom. The molecule has 0 N–H and O–H groups in total. The predicted molar refractivity (Wildman–Crippen MR) is 75.3 cm³/mol. The van der Waals surface area contributed by atoms with Crippen molar-refractivity contribution in [3.8, 4) is 5.75 Å². The Morgan fingerprint density at radius 1 is 1.21 bits per heavy atom. The smallest absolute Gasteiger partial charge is 0.344 e. The maximum absolute atomic E-state index is 11.6. The minimum absolute atomic E-state index is 0.0490. The van der Waals surface area contributed by atoms with E-state index in [9.17, 15) is 4.79 Å². The van der Waals surface area contributed by atoms with Gasteiger partial charge in [-0.05, 0) is 32.1 Å². The summed E-state index contributed by atoms with van der Waals surface area (Å²) in [7, 11) is 0. The number of hydrogen-bond acceptors (Lipinski definition) is 4. The van der Waals surface area contributed by atoms with Crippen LogP contribution in [0.4, 0.5) is 0 Å². The molecule has 0 amide bonds. The van der Waals surface area contributed by atoms with Gasteiger partial charge in [0.2, 0.25) is 0 Å². The Bertz CT molecular complexity index is 363. The fraction of sp³-hybridized carbons (Fsp3) is 0.533. The van der Waals surface area contributed by atoms with Gasteiger partial charge in [-0.3, -0.25) is 0 Å². The van der Waals surface area contributed by atoms with Crippen LogP contribution in [0.3, 0.4) is 0 Å². The van der Waals surface area contributed by atoms with Crippen molar-refractivity contribution in [2.45, 2.75) is 26.9 Å². The van der Waals surface area contributed by atoms with E-state index in [1.54, 1.807) is 0 Å². The zero-order chi connectivity index (χ0) is 14.1. The lowest BCUT2D eigenvalue weighted by Gasteiger charge is -2.22. The third-order valence-corrected chi connectivity index (χ3v) is 2.84. The summed E-state index contributed by atoms with van der Waals surface area (Å²) in [4.78, 5) is 13.8. The molecule has 0 spiro atoms. The quantitative estimate of drug-likeness (QED) is 0.676. The van der Waals surface area contributed by atoms with Crippen LogP contribution in [0.2, 0.25) is 0 Å². The number of carbonyl (C=O) groups is 1. The van der Waals surface area contributed by atoms with Crippen molar-refractivity contribution < 1.29 is 14.3 Å². The fourth-order valence-electron chi connectivity index (χ4n) is 1.80. The van der Waals surface area contributed by atoms with E-state index >= 15 is 0 Å². The van der Waals surface area contributed by atoms with Crippen LogP contribution in [-0.4, -0.2) is 43.2 Å². The van der Waals surface area contributed by atoms with Gasteiger partial charge in [0.15, 0.2) is 6.61 Å². The predicted octanol–water partition coefficient (Wildman–Crippen LogP) is 2.34. The number of rotatable bonds is 8. The molecule has 0 bridgehead atoms. The first-order valence-corrected chi connectivity index (χ1v) is 6.75. The number of carbonyl (C=O) groups excluding carboxylic acids is 1. The van der Waals surface area contributed by atoms with E-state index in [0.717, 1.165) is 19.6 Å². The largest absolute Gasteiger partial charge is 0.482 e. The molecule has 0 heterocycles. The number of hydrogen-bond donors (Lipinski definition) is 0. The van der Waals surface area contributed by atoms with Crippen LogP contribution in [0.5, 0.6) is 5.75 Å². The molecule has 1 rings (SSSR count). The van der Waals surface area contributed by atoms with Crippen LogP contribution in [0.1, 0.15) is 20.8 Å². The normalized spacial score (nSPS) is 12.2. The molecule has 0 aliphatic carbocycles. The average Bonchev–Trinajstić information content (AvgIpc) is 2.43. The number of benzene rings is 1. The monoisotopic (exact) mass is 265 g/mol. The minimum Gasteiger partial charge on any atom is -0.482 e. The molecule has 0 aliphatic rings. The Hall–Kier alpha value is -1.55. The van der Waals surface area contributed by atoms with Crippen LogP contribution in [0.15, 0.2) is 30.3 Å². The summed E-state index contributed by atoms with van der Waals surface area (Å²) in [5, 5.41) is 0. The summed E-state index contributed by atoms with van der Waals surface area (Å²) in [6, 6.07) is 9.25. The zero-order valence-corrected chi connectivity index (χ0v) is 12.0. The van der Waals surface area contributed by atoms with Crippen LogP contribution in [0.25, 0.3) is 0 Å². The molecular formula is C15H23NO3. The molecule has 4 heteroatoms. The van der Waals surface area contributed by atoms with Crippen molar-refractivity contribution in [1.82, 2.24) is 4.90 Å². The Morgan fingerprint density at radius 3 is 2.42 bits per heavy atom. The first-order valence-electron chi connectivity index (χ1n) is 6.75. The molecule has 1 aromatic rings. The molecule has 1 atom stereocenters. The number of esters is 1. The minimum atomic E-state index is -0.330. The molecule has 0 saturated carbocycles. The summed E-state index contributed by atoms with van der Waals surface area (Å²) >= 11 is 0. The third kappa shape index (κ3) is 6.25. The molecule has 4 nitrogen and oxygen atoms in total. The SMILES string of the molecule is CCN(CC)CC(C)OC(=O)COc1ccccc1. The Labute approximate surface area is 115 Å². The highest BCUT2D eigenvalue weighted by Gasteiger charge is 2.12. The summed E-state index contributed by atoms with van der Waals surface area (Å²) in [5.74, 6) is 0.347. The van der Waals surface area contributed by atoms with Gasteiger partial charge in [-0.25, -0.2) is 4.79 Å². The van der Waals surface area contributed by atoms with Gasteiger partial charge in [0.05, 0.1) is 0 Å². The number of nitrogens with zero attached hydrogens (tertiary/aromatic N) is 1. The van der Waals surface area contributed by atoms with E-state index in [2.05, 4.69) is 18.7 Å². The Kier molecular flexibility index (Phi) is 6.97. The molecule has 0 aliphatic heterocycles. The number of likely N-dealkylation sites (N-methyl/N-ethyl adjacent to an activating group) is 1. The molecule has 19 heavy (non-hydrogen) atoms. The van der Waals surface area contributed by atoms with E-state index in [-0.39, 0.29) is 18.7 Å². The molecule has 0 saturated heterocycles. The van der Waals surface area contributed by atoms with Gasteiger partial charge in [-0.1, -0.05) is 32.0 Å². The summed E-state index contributed by atoms with van der Waals surface area (Å²) < 4.78 is 10.6. The van der Waals surface area contributed by atoms with Crippen molar-refractivity contribution in [2.24, 2.45) is 0 Å². The number of para-hydroxylation sites is 1. The third-order valence-electron chi connectivity index (χ3n) is 2.84. The zero-order valence-electron chi connectivity index (χ0n) is 12.0. The van der Waals surface area contributed by atoms with E-state index in [0.29, 0.717) is 5.75 Å². The highest BCUT2D eigenvalue weighted by Crippen LogP contribution is 2.08. The summed E-state index contributed by atoms with van der Waals surface area (Å²) in [5.41, 5.74) is 0. The topological polar surface area (TPSA) is 38.8 Å². The molecule has 1 unspecified atom stereocenters. The first-order chi connectivity index (χ1) is 9.15. The van der Waals surface area contributed by atoms with Crippen molar-refractivity contribution >= 4 is 5.97 Å². The lowest BCUT2D eigenvalue weighted by molar-refractivity contribution is -0.151. The second kappa shape index (κ2) is 8.53. The maximum atomic E-state index is 11.6. The molecule has 0 aromatic heterocycles. The van der Waals surface area contributed by atoms with Crippen LogP contribution in [-0.2, 0) is 9.53 Å². The molecular weight excluding hydrogens is 242 g/mol. The van der Waals surface area contributed by atoms with Gasteiger partial charge in [0.25, 0.3) is 0 Å². The van der Waals surface area contributed by atoms with Gasteiger partial charge < -0.3 is 14.4 Å². The van der Waals surface area contributed by atoms with E-state index in [4.69, 9.17) is 9.47 Å². The van der Waals surface area contributed by atoms with Crippen LogP contribution in [0, 0.1) is 0 Å². The highest BCUT2D eigenvalue weighted by molar-refractivity contribution is 5.71. The van der Waals surface area contributed by atoms with Crippen LogP contribution >= 0.6 is 0 Å². The summed E-state index contributed by atoms with van der Waals surface area (Å²) in [6.07, 6.45) is -0.119. The van der Waals surface area contributed by atoms with Gasteiger partial charge >= 0.3 is 5.97 Å². The van der Waals surface area contributed by atoms with Crippen molar-refractivity contribution in [3.63, 3.8) is 0 Å². The van der Waals surface area contributed by atoms with E-state index in [1.807, 2.05) is 37.3 Å². The average molecular weight is 265 g/mol. The molecule has 0 radical (unpaired) electrons. The van der Waals surface area contributed by atoms with E-state index < -0.39 is 0 Å². The highest BCUT2D eigenvalue weighted by atomic mass is 16.6. The molecule has 0 fully saturated rings. The second-order valence-electron chi connectivity index (χ2n) is 4.39. The lowest BCUT2D eigenvalue weighted by atomic mass is 10.3. The summed E-state index contributed by atoms with van der Waals surface area (Å²) in [6.45, 7) is 8.71. The second-order valence-corrected chi connectivity index (χ2v) is 4.39. The van der Waals surface area contributed by atoms with Crippen molar-refractivity contribution in [3.05, 3.63) is 30.3 Å². The fourth-order valence-corrected chi connectivity index (χ4v) is 1.80. The molecule has 106 valence electrons. The van der Waals surface area contributed by atoms with Gasteiger partial charge in [-0.2, -0.15) is 0 Å². The van der Waals surface area contributed by atoms with Crippen LogP contribution < -0.4 is 4.74 Å². The number of ether oxygens (including phenoxy) is 2. The Balaban J connectivity index is 2.27. The molecule has 1 aromatic carbocycles. The van der Waals surface area contributed by atoms with Gasteiger partial charge in [0, 0.05) is 6.54 Å².